The van der Waals surface area contributed by atoms with Gasteiger partial charge in [-0.3, -0.25) is 14.4 Å². The molecule has 0 saturated carbocycles. The molecule has 0 aliphatic heterocycles. The molecule has 0 aliphatic rings. The highest BCUT2D eigenvalue weighted by molar-refractivity contribution is 5.79. The van der Waals surface area contributed by atoms with E-state index in [0.29, 0.717) is 45.6 Å². The Morgan fingerprint density at radius 2 is 1.73 bits per heavy atom. The molecule has 0 rings (SSSR count). The maximum atomic E-state index is 11.6. The van der Waals surface area contributed by atoms with Crippen molar-refractivity contribution in [2.45, 2.75) is 57.9 Å². The number of primary amides is 1. The van der Waals surface area contributed by atoms with Crippen molar-refractivity contribution in [3.05, 3.63) is 0 Å². The Hall–Kier alpha value is -1.51. The van der Waals surface area contributed by atoms with Crippen molar-refractivity contribution in [2.24, 2.45) is 5.73 Å². The van der Waals surface area contributed by atoms with Gasteiger partial charge in [0.1, 0.15) is 12.4 Å². The molecule has 8 heteroatoms. The molecular weight excluding hydrogens is 338 g/mol. The molecule has 0 bridgehead atoms. The number of ether oxygens (including phenoxy) is 2. The smallest absolute Gasteiger partial charge is 0.245 e. The predicted octanol–water partition coefficient (Wildman–Crippen LogP) is 0.529. The molecule has 0 spiro atoms. The summed E-state index contributed by atoms with van der Waals surface area (Å²) in [7, 11) is 1.70. The van der Waals surface area contributed by atoms with Crippen LogP contribution in [0.5, 0.6) is 0 Å². The molecule has 0 aromatic carbocycles. The minimum absolute atomic E-state index is 0.00122. The van der Waals surface area contributed by atoms with E-state index >= 15 is 0 Å². The molecule has 0 aliphatic carbocycles. The number of nitrogens with two attached hydrogens (primary N) is 1. The van der Waals surface area contributed by atoms with Gasteiger partial charge >= 0.3 is 0 Å². The zero-order chi connectivity index (χ0) is 19.6. The van der Waals surface area contributed by atoms with Gasteiger partial charge in [0.15, 0.2) is 0 Å². The Labute approximate surface area is 156 Å². The Kier molecular flexibility index (Phi) is 15.9. The van der Waals surface area contributed by atoms with E-state index in [1.807, 2.05) is 6.92 Å². The van der Waals surface area contributed by atoms with Crippen molar-refractivity contribution >= 4 is 17.6 Å². The highest BCUT2D eigenvalue weighted by Crippen LogP contribution is 2.00. The molecule has 152 valence electrons. The molecule has 8 nitrogen and oxygen atoms in total. The van der Waals surface area contributed by atoms with E-state index in [1.54, 1.807) is 7.05 Å². The molecule has 0 aromatic heterocycles. The van der Waals surface area contributed by atoms with Gasteiger partial charge in [0.05, 0.1) is 19.3 Å². The third-order valence-electron chi connectivity index (χ3n) is 3.81. The van der Waals surface area contributed by atoms with Crippen LogP contribution in [0.25, 0.3) is 0 Å². The monoisotopic (exact) mass is 373 g/mol. The number of nitrogens with one attached hydrogen (secondary N) is 2. The summed E-state index contributed by atoms with van der Waals surface area (Å²) in [6.07, 6.45) is 5.04. The average molecular weight is 373 g/mol. The van der Waals surface area contributed by atoms with Crippen molar-refractivity contribution in [1.29, 1.82) is 0 Å². The second-order valence-electron chi connectivity index (χ2n) is 6.15. The number of likely N-dealkylation sites (N-methyl/N-ethyl adjacent to an activating group) is 1. The Bertz CT molecular complexity index is 404. The molecule has 0 saturated heterocycles. The Balaban J connectivity index is 3.39. The van der Waals surface area contributed by atoms with Crippen molar-refractivity contribution in [3.8, 4) is 0 Å². The molecule has 2 amide bonds. The van der Waals surface area contributed by atoms with E-state index < -0.39 is 0 Å². The number of carbonyl (C=O) groups excluding carboxylic acids is 3. The van der Waals surface area contributed by atoms with E-state index in [1.165, 1.54) is 0 Å². The first kappa shape index (κ1) is 24.5. The van der Waals surface area contributed by atoms with Crippen LogP contribution < -0.4 is 16.4 Å². The molecule has 26 heavy (non-hydrogen) atoms. The summed E-state index contributed by atoms with van der Waals surface area (Å²) < 4.78 is 10.6. The highest BCUT2D eigenvalue weighted by Gasteiger charge is 2.11. The summed E-state index contributed by atoms with van der Waals surface area (Å²) in [4.78, 5) is 33.9. The van der Waals surface area contributed by atoms with Gasteiger partial charge in [0.2, 0.25) is 11.8 Å². The highest BCUT2D eigenvalue weighted by atomic mass is 16.5. The molecule has 0 radical (unpaired) electrons. The topological polar surface area (TPSA) is 120 Å². The lowest BCUT2D eigenvalue weighted by Crippen LogP contribution is -2.39. The number of Topliss-reactive ketones (excluding diaryl/α,β-unsaturated/α-hetero) is 1. The van der Waals surface area contributed by atoms with E-state index in [-0.39, 0.29) is 30.2 Å². The molecule has 0 aromatic rings. The van der Waals surface area contributed by atoms with Crippen LogP contribution >= 0.6 is 0 Å². The first-order valence-electron chi connectivity index (χ1n) is 9.41. The molecule has 0 heterocycles. The number of rotatable bonds is 18. The second-order valence-corrected chi connectivity index (χ2v) is 6.15. The van der Waals surface area contributed by atoms with Crippen LogP contribution in [-0.4, -0.2) is 63.7 Å². The van der Waals surface area contributed by atoms with Crippen LogP contribution in [0.3, 0.4) is 0 Å². The maximum Gasteiger partial charge on any atom is 0.245 e. The van der Waals surface area contributed by atoms with Crippen molar-refractivity contribution < 1.29 is 23.9 Å². The van der Waals surface area contributed by atoms with Crippen LogP contribution in [0.4, 0.5) is 0 Å². The summed E-state index contributed by atoms with van der Waals surface area (Å²) in [6.45, 7) is 3.82. The molecular formula is C18H35N3O5. The normalized spacial score (nSPS) is 11.9. The Morgan fingerprint density at radius 3 is 2.38 bits per heavy atom. The van der Waals surface area contributed by atoms with Crippen LogP contribution in [0.1, 0.15) is 51.9 Å². The SMILES string of the molecule is CCCC(=O)CCCOCCOCC(=O)NCCCCC(NC)C(N)=O. The first-order chi connectivity index (χ1) is 12.5. The second kappa shape index (κ2) is 16.9. The summed E-state index contributed by atoms with van der Waals surface area (Å²) in [5.74, 6) is -0.255. The number of carbonyl (C=O) groups is 3. The van der Waals surface area contributed by atoms with E-state index in [0.717, 1.165) is 25.7 Å². The lowest BCUT2D eigenvalue weighted by molar-refractivity contribution is -0.126. The third-order valence-corrected chi connectivity index (χ3v) is 3.81. The minimum Gasteiger partial charge on any atom is -0.379 e. The van der Waals surface area contributed by atoms with E-state index in [4.69, 9.17) is 15.2 Å². The quantitative estimate of drug-likeness (QED) is 0.302. The van der Waals surface area contributed by atoms with E-state index in [2.05, 4.69) is 10.6 Å². The average Bonchev–Trinajstić information content (AvgIpc) is 2.60. The number of ketones is 1. The lowest BCUT2D eigenvalue weighted by atomic mass is 10.1. The van der Waals surface area contributed by atoms with Gasteiger partial charge in [0, 0.05) is 26.0 Å². The van der Waals surface area contributed by atoms with Crippen LogP contribution in [0, 0.1) is 0 Å². The minimum atomic E-state index is -0.361. The maximum absolute atomic E-state index is 11.6. The number of hydrogen-bond donors (Lipinski definition) is 3. The molecule has 0 fully saturated rings. The Morgan fingerprint density at radius 1 is 1.00 bits per heavy atom. The summed E-state index contributed by atoms with van der Waals surface area (Å²) >= 11 is 0. The zero-order valence-electron chi connectivity index (χ0n) is 16.2. The lowest BCUT2D eigenvalue weighted by Gasteiger charge is -2.11. The van der Waals surface area contributed by atoms with Gasteiger partial charge in [-0.15, -0.1) is 0 Å². The van der Waals surface area contributed by atoms with Gasteiger partial charge in [-0.1, -0.05) is 6.92 Å². The molecule has 1 unspecified atom stereocenters. The number of unbranched alkanes of at least 4 members (excludes halogenated alkanes) is 1. The van der Waals surface area contributed by atoms with Crippen molar-refractivity contribution in [3.63, 3.8) is 0 Å². The largest absolute Gasteiger partial charge is 0.379 e. The molecule has 1 atom stereocenters. The fraction of sp³-hybridized carbons (Fsp3) is 0.833. The van der Waals surface area contributed by atoms with Gasteiger partial charge in [-0.2, -0.15) is 0 Å². The van der Waals surface area contributed by atoms with Crippen LogP contribution in [0.15, 0.2) is 0 Å². The standard InChI is InChI=1S/C18H35N3O5/c1-3-7-15(22)8-6-11-25-12-13-26-14-17(23)21-10-5-4-9-16(20-2)18(19)24/h16,20H,3-14H2,1-2H3,(H2,19,24)(H,21,23). The van der Waals surface area contributed by atoms with Crippen LogP contribution in [-0.2, 0) is 23.9 Å². The van der Waals surface area contributed by atoms with Crippen molar-refractivity contribution in [1.82, 2.24) is 10.6 Å². The van der Waals surface area contributed by atoms with Gasteiger partial charge in [-0.25, -0.2) is 0 Å². The predicted molar refractivity (Wildman–Crippen MR) is 99.7 cm³/mol. The summed E-state index contributed by atoms with van der Waals surface area (Å²) in [5.41, 5.74) is 5.23. The summed E-state index contributed by atoms with van der Waals surface area (Å²) in [6, 6.07) is -0.321. The van der Waals surface area contributed by atoms with Gasteiger partial charge in [0.25, 0.3) is 0 Å². The van der Waals surface area contributed by atoms with Gasteiger partial charge < -0.3 is 25.8 Å². The third kappa shape index (κ3) is 14.8. The number of hydrogen-bond acceptors (Lipinski definition) is 6. The van der Waals surface area contributed by atoms with Crippen LogP contribution in [0.2, 0.25) is 0 Å². The first-order valence-corrected chi connectivity index (χ1v) is 9.41. The number of amides is 2. The fourth-order valence-electron chi connectivity index (χ4n) is 2.34. The van der Waals surface area contributed by atoms with E-state index in [9.17, 15) is 14.4 Å². The van der Waals surface area contributed by atoms with Crippen molar-refractivity contribution in [2.75, 3.05) is 40.0 Å². The fourth-order valence-corrected chi connectivity index (χ4v) is 2.34. The molecule has 4 N–H and O–H groups in total. The summed E-state index contributed by atoms with van der Waals surface area (Å²) in [5, 5.41) is 5.61. The van der Waals surface area contributed by atoms with Gasteiger partial charge in [-0.05, 0) is 39.2 Å². The zero-order valence-corrected chi connectivity index (χ0v) is 16.2.